The van der Waals surface area contributed by atoms with Crippen molar-refractivity contribution in [2.24, 2.45) is 5.92 Å². The second-order valence-electron chi connectivity index (χ2n) is 3.72. The quantitative estimate of drug-likeness (QED) is 0.641. The van der Waals surface area contributed by atoms with Crippen molar-refractivity contribution in [3.05, 3.63) is 0 Å². The van der Waals surface area contributed by atoms with Gasteiger partial charge in [0.1, 0.15) is 5.78 Å². The number of carbonyl (C=O) groups is 1. The third-order valence-electron chi connectivity index (χ3n) is 2.41. The van der Waals surface area contributed by atoms with E-state index in [1.54, 1.807) is 0 Å². The third-order valence-corrected chi connectivity index (χ3v) is 2.41. The van der Waals surface area contributed by atoms with Gasteiger partial charge in [-0.1, -0.05) is 0 Å². The first-order chi connectivity index (χ1) is 5.36. The number of carbonyl (C=O) groups excluding carboxylic acids is 1. The Labute approximate surface area is 67.4 Å². The first kappa shape index (κ1) is 7.29. The van der Waals surface area contributed by atoms with Crippen molar-refractivity contribution in [1.82, 2.24) is 5.32 Å². The molecule has 1 N–H and O–H groups in total. The molecule has 0 aromatic carbocycles. The lowest BCUT2D eigenvalue weighted by Gasteiger charge is -1.99. The van der Waals surface area contributed by atoms with Crippen LogP contribution in [0.25, 0.3) is 0 Å². The van der Waals surface area contributed by atoms with Gasteiger partial charge in [-0.2, -0.15) is 0 Å². The number of ketones is 1. The Balaban J connectivity index is 1.53. The highest BCUT2D eigenvalue weighted by atomic mass is 16.1. The van der Waals surface area contributed by atoms with Crippen LogP contribution in [0, 0.1) is 5.92 Å². The van der Waals surface area contributed by atoms with Crippen LogP contribution in [0.1, 0.15) is 32.1 Å². The molecule has 2 fully saturated rings. The fourth-order valence-corrected chi connectivity index (χ4v) is 1.30. The molecule has 62 valence electrons. The van der Waals surface area contributed by atoms with E-state index in [9.17, 15) is 4.79 Å². The molecule has 0 aliphatic heterocycles. The van der Waals surface area contributed by atoms with Crippen LogP contribution in [0.2, 0.25) is 0 Å². The van der Waals surface area contributed by atoms with E-state index >= 15 is 0 Å². The Hall–Kier alpha value is -0.370. The highest BCUT2D eigenvalue weighted by Gasteiger charge is 2.29. The maximum absolute atomic E-state index is 11.2. The molecule has 0 unspecified atom stereocenters. The zero-order valence-corrected chi connectivity index (χ0v) is 6.81. The van der Waals surface area contributed by atoms with E-state index in [2.05, 4.69) is 5.32 Å². The maximum atomic E-state index is 11.2. The molecule has 0 atom stereocenters. The molecular weight excluding hydrogens is 138 g/mol. The number of Topliss-reactive ketones (excluding diaryl/α,β-unsaturated/α-hetero) is 1. The molecule has 0 heterocycles. The Bertz CT molecular complexity index is 159. The van der Waals surface area contributed by atoms with Crippen molar-refractivity contribution in [2.75, 3.05) is 6.54 Å². The average Bonchev–Trinajstić information content (AvgIpc) is 2.85. The van der Waals surface area contributed by atoms with Crippen LogP contribution in [0.15, 0.2) is 0 Å². The van der Waals surface area contributed by atoms with Crippen LogP contribution < -0.4 is 5.32 Å². The van der Waals surface area contributed by atoms with Gasteiger partial charge in [0.05, 0.1) is 0 Å². The highest BCUT2D eigenvalue weighted by Crippen LogP contribution is 2.30. The van der Waals surface area contributed by atoms with Crippen LogP contribution in [0.5, 0.6) is 0 Å². The summed E-state index contributed by atoms with van der Waals surface area (Å²) in [4.78, 5) is 11.2. The van der Waals surface area contributed by atoms with Gasteiger partial charge in [0.2, 0.25) is 0 Å². The maximum Gasteiger partial charge on any atom is 0.137 e. The minimum absolute atomic E-state index is 0.455. The molecule has 2 rings (SSSR count). The normalized spacial score (nSPS) is 23.6. The van der Waals surface area contributed by atoms with E-state index in [0.717, 1.165) is 31.8 Å². The molecule has 0 bridgehead atoms. The lowest BCUT2D eigenvalue weighted by Crippen LogP contribution is -2.20. The molecule has 2 saturated carbocycles. The Morgan fingerprint density at radius 3 is 2.55 bits per heavy atom. The van der Waals surface area contributed by atoms with Crippen molar-refractivity contribution >= 4 is 5.78 Å². The topological polar surface area (TPSA) is 29.1 Å². The minimum atomic E-state index is 0.455. The van der Waals surface area contributed by atoms with Gasteiger partial charge >= 0.3 is 0 Å². The summed E-state index contributed by atoms with van der Waals surface area (Å²) in [7, 11) is 0. The first-order valence-corrected chi connectivity index (χ1v) is 4.62. The number of rotatable bonds is 5. The SMILES string of the molecule is O=C(CCNC1CC1)C1CC1. The predicted octanol–water partition coefficient (Wildman–Crippen LogP) is 1.11. The summed E-state index contributed by atoms with van der Waals surface area (Å²) < 4.78 is 0. The van der Waals surface area contributed by atoms with Gasteiger partial charge < -0.3 is 5.32 Å². The zero-order chi connectivity index (χ0) is 7.68. The number of nitrogens with one attached hydrogen (secondary N) is 1. The molecule has 0 aromatic heterocycles. The molecule has 0 aromatic rings. The Morgan fingerprint density at radius 1 is 1.27 bits per heavy atom. The van der Waals surface area contributed by atoms with Gasteiger partial charge in [-0.25, -0.2) is 0 Å². The second kappa shape index (κ2) is 2.94. The second-order valence-corrected chi connectivity index (χ2v) is 3.72. The van der Waals surface area contributed by atoms with Crippen molar-refractivity contribution in [2.45, 2.75) is 38.1 Å². The molecule has 0 spiro atoms. The Kier molecular flexibility index (Phi) is 1.95. The molecular formula is C9H15NO. The van der Waals surface area contributed by atoms with Crippen LogP contribution in [-0.2, 0) is 4.79 Å². The highest BCUT2D eigenvalue weighted by molar-refractivity contribution is 5.83. The number of hydrogen-bond acceptors (Lipinski definition) is 2. The molecule has 2 aliphatic rings. The monoisotopic (exact) mass is 153 g/mol. The van der Waals surface area contributed by atoms with Gasteiger partial charge in [-0.3, -0.25) is 4.79 Å². The van der Waals surface area contributed by atoms with Crippen molar-refractivity contribution in [3.63, 3.8) is 0 Å². The average molecular weight is 153 g/mol. The summed E-state index contributed by atoms with van der Waals surface area (Å²) in [5.41, 5.74) is 0. The summed E-state index contributed by atoms with van der Waals surface area (Å²) in [6.07, 6.45) is 5.71. The predicted molar refractivity (Wildman–Crippen MR) is 43.4 cm³/mol. The van der Waals surface area contributed by atoms with Crippen LogP contribution in [0.3, 0.4) is 0 Å². The smallest absolute Gasteiger partial charge is 0.137 e. The standard InChI is InChI=1S/C9H15NO/c11-9(7-1-2-7)5-6-10-8-3-4-8/h7-8,10H,1-6H2. The van der Waals surface area contributed by atoms with Gasteiger partial charge in [-0.15, -0.1) is 0 Å². The number of hydrogen-bond donors (Lipinski definition) is 1. The summed E-state index contributed by atoms with van der Waals surface area (Å²) in [6.45, 7) is 0.917. The molecule has 2 nitrogen and oxygen atoms in total. The van der Waals surface area contributed by atoms with Crippen LogP contribution in [-0.4, -0.2) is 18.4 Å². The first-order valence-electron chi connectivity index (χ1n) is 4.62. The van der Waals surface area contributed by atoms with Gasteiger partial charge in [0, 0.05) is 24.9 Å². The van der Waals surface area contributed by atoms with E-state index < -0.39 is 0 Å². The van der Waals surface area contributed by atoms with E-state index in [-0.39, 0.29) is 0 Å². The van der Waals surface area contributed by atoms with Crippen molar-refractivity contribution in [1.29, 1.82) is 0 Å². The van der Waals surface area contributed by atoms with E-state index in [1.807, 2.05) is 0 Å². The van der Waals surface area contributed by atoms with E-state index in [0.29, 0.717) is 11.7 Å². The molecule has 0 amide bonds. The Morgan fingerprint density at radius 2 is 2.00 bits per heavy atom. The zero-order valence-electron chi connectivity index (χ0n) is 6.81. The summed E-state index contributed by atoms with van der Waals surface area (Å²) in [5, 5.41) is 3.35. The van der Waals surface area contributed by atoms with Crippen LogP contribution in [0.4, 0.5) is 0 Å². The molecule has 0 radical (unpaired) electrons. The lowest BCUT2D eigenvalue weighted by molar-refractivity contribution is -0.120. The van der Waals surface area contributed by atoms with Crippen LogP contribution >= 0.6 is 0 Å². The third kappa shape index (κ3) is 2.29. The molecule has 2 aliphatic carbocycles. The fourth-order valence-electron chi connectivity index (χ4n) is 1.30. The van der Waals surface area contributed by atoms with Gasteiger partial charge in [0.25, 0.3) is 0 Å². The minimum Gasteiger partial charge on any atom is -0.314 e. The lowest BCUT2D eigenvalue weighted by atomic mass is 10.2. The van der Waals surface area contributed by atoms with Crippen molar-refractivity contribution < 1.29 is 4.79 Å². The summed E-state index contributed by atoms with van der Waals surface area (Å²) in [5.74, 6) is 0.939. The molecule has 11 heavy (non-hydrogen) atoms. The summed E-state index contributed by atoms with van der Waals surface area (Å²) >= 11 is 0. The largest absolute Gasteiger partial charge is 0.314 e. The van der Waals surface area contributed by atoms with Gasteiger partial charge in [-0.05, 0) is 25.7 Å². The van der Waals surface area contributed by atoms with Crippen molar-refractivity contribution in [3.8, 4) is 0 Å². The summed E-state index contributed by atoms with van der Waals surface area (Å²) in [6, 6.07) is 0.752. The van der Waals surface area contributed by atoms with E-state index in [4.69, 9.17) is 0 Å². The van der Waals surface area contributed by atoms with E-state index in [1.165, 1.54) is 12.8 Å². The molecule has 0 saturated heterocycles. The van der Waals surface area contributed by atoms with Gasteiger partial charge in [0.15, 0.2) is 0 Å². The fraction of sp³-hybridized carbons (Fsp3) is 0.889. The molecule has 2 heteroatoms.